The van der Waals surface area contributed by atoms with Crippen LogP contribution in [-0.2, 0) is 4.79 Å². The van der Waals surface area contributed by atoms with Gasteiger partial charge < -0.3 is 13.8 Å². The number of carbonyl (C=O) groups excluding carboxylic acids is 1. The number of amides is 1. The van der Waals surface area contributed by atoms with Crippen LogP contribution in [0.2, 0.25) is 0 Å². The molecule has 1 amide bonds. The molecule has 0 aliphatic carbocycles. The van der Waals surface area contributed by atoms with E-state index in [9.17, 15) is 4.79 Å². The molecule has 1 atom stereocenters. The second kappa shape index (κ2) is 5.49. The number of nitrogens with zero attached hydrogens (tertiary/aromatic N) is 5. The number of hydrogen-bond acceptors (Lipinski definition) is 5. The van der Waals surface area contributed by atoms with Gasteiger partial charge in [0.1, 0.15) is 11.3 Å². The second-order valence-corrected chi connectivity index (χ2v) is 5.85. The molecule has 118 valence electrons. The summed E-state index contributed by atoms with van der Waals surface area (Å²) in [5, 5.41) is 4.06. The van der Waals surface area contributed by atoms with Crippen molar-refractivity contribution in [2.45, 2.75) is 25.7 Å². The maximum absolute atomic E-state index is 11.5. The lowest BCUT2D eigenvalue weighted by molar-refractivity contribution is -0.130. The first-order valence-electron chi connectivity index (χ1n) is 7.74. The van der Waals surface area contributed by atoms with Crippen LogP contribution in [0.15, 0.2) is 35.1 Å². The maximum atomic E-state index is 11.5. The summed E-state index contributed by atoms with van der Waals surface area (Å²) in [6.07, 6.45) is 5.72. The van der Waals surface area contributed by atoms with Crippen molar-refractivity contribution >= 4 is 11.6 Å². The van der Waals surface area contributed by atoms with Crippen LogP contribution in [0.4, 0.5) is 0 Å². The van der Waals surface area contributed by atoms with E-state index in [1.165, 1.54) is 0 Å². The van der Waals surface area contributed by atoms with Crippen LogP contribution in [0.3, 0.4) is 0 Å². The molecule has 4 heterocycles. The number of aromatic nitrogens is 4. The summed E-state index contributed by atoms with van der Waals surface area (Å²) >= 11 is 0. The molecular weight excluding hydrogens is 294 g/mol. The molecule has 23 heavy (non-hydrogen) atoms. The van der Waals surface area contributed by atoms with Crippen LogP contribution in [0.25, 0.3) is 17.2 Å². The molecule has 3 aromatic rings. The van der Waals surface area contributed by atoms with Crippen molar-refractivity contribution in [1.29, 1.82) is 0 Å². The van der Waals surface area contributed by atoms with E-state index < -0.39 is 0 Å². The summed E-state index contributed by atoms with van der Waals surface area (Å²) < 4.78 is 7.35. The zero-order valence-electron chi connectivity index (χ0n) is 12.8. The van der Waals surface area contributed by atoms with Gasteiger partial charge in [0.25, 0.3) is 0 Å². The van der Waals surface area contributed by atoms with Gasteiger partial charge in [-0.05, 0) is 25.0 Å². The summed E-state index contributed by atoms with van der Waals surface area (Å²) in [5.41, 5.74) is 1.53. The molecule has 7 heteroatoms. The fourth-order valence-corrected chi connectivity index (χ4v) is 3.01. The van der Waals surface area contributed by atoms with Crippen LogP contribution >= 0.6 is 0 Å². The summed E-state index contributed by atoms with van der Waals surface area (Å²) in [7, 11) is 0. The molecule has 7 nitrogen and oxygen atoms in total. The lowest BCUT2D eigenvalue weighted by Crippen LogP contribution is -2.37. The topological polar surface area (TPSA) is 76.5 Å². The molecule has 0 bridgehead atoms. The van der Waals surface area contributed by atoms with Crippen LogP contribution in [0.5, 0.6) is 0 Å². The Bertz CT molecular complexity index is 820. The fraction of sp³-hybridized carbons (Fsp3) is 0.375. The number of likely N-dealkylation sites (tertiary alicyclic amines) is 1. The Labute approximate surface area is 132 Å². The third-order valence-electron chi connectivity index (χ3n) is 4.25. The third kappa shape index (κ3) is 2.58. The Morgan fingerprint density at radius 3 is 3.09 bits per heavy atom. The maximum Gasteiger partial charge on any atom is 0.231 e. The molecule has 0 saturated carbocycles. The zero-order valence-corrected chi connectivity index (χ0v) is 12.8. The first kappa shape index (κ1) is 13.9. The number of piperidine rings is 1. The minimum atomic E-state index is 0.0924. The van der Waals surface area contributed by atoms with E-state index in [-0.39, 0.29) is 11.8 Å². The van der Waals surface area contributed by atoms with E-state index >= 15 is 0 Å². The molecule has 0 radical (unpaired) electrons. The molecule has 1 aliphatic rings. The Hall–Kier alpha value is -2.70. The normalized spacial score (nSPS) is 18.5. The third-order valence-corrected chi connectivity index (χ3v) is 4.25. The highest BCUT2D eigenvalue weighted by Gasteiger charge is 2.27. The molecular formula is C16H17N5O2. The average Bonchev–Trinajstić information content (AvgIpc) is 3.21. The molecule has 1 unspecified atom stereocenters. The molecule has 3 aromatic heterocycles. The van der Waals surface area contributed by atoms with Crippen molar-refractivity contribution < 1.29 is 9.32 Å². The van der Waals surface area contributed by atoms with Crippen molar-refractivity contribution in [3.8, 4) is 11.5 Å². The predicted octanol–water partition coefficient (Wildman–Crippen LogP) is 2.11. The second-order valence-electron chi connectivity index (χ2n) is 5.85. The van der Waals surface area contributed by atoms with Crippen molar-refractivity contribution in [1.82, 2.24) is 24.4 Å². The van der Waals surface area contributed by atoms with Crippen LogP contribution in [0, 0.1) is 0 Å². The Balaban J connectivity index is 1.60. The molecule has 1 saturated heterocycles. The van der Waals surface area contributed by atoms with Gasteiger partial charge in [-0.3, -0.25) is 4.79 Å². The Morgan fingerprint density at radius 1 is 1.35 bits per heavy atom. The van der Waals surface area contributed by atoms with E-state index in [0.29, 0.717) is 24.0 Å². The monoisotopic (exact) mass is 311 g/mol. The quantitative estimate of drug-likeness (QED) is 0.724. The van der Waals surface area contributed by atoms with Gasteiger partial charge in [0.2, 0.25) is 17.6 Å². The van der Waals surface area contributed by atoms with Gasteiger partial charge in [-0.15, -0.1) is 0 Å². The SMILES string of the molecule is CC(=O)N1CCCC(c2nc(-c3cn4ccccc4n3)no2)C1. The highest BCUT2D eigenvalue weighted by molar-refractivity contribution is 5.73. The molecule has 1 aliphatic heterocycles. The number of hydrogen-bond donors (Lipinski definition) is 0. The number of fused-ring (bicyclic) bond motifs is 1. The molecule has 0 N–H and O–H groups in total. The van der Waals surface area contributed by atoms with Crippen LogP contribution in [0.1, 0.15) is 31.6 Å². The molecule has 0 spiro atoms. The van der Waals surface area contributed by atoms with Crippen molar-refractivity contribution in [2.24, 2.45) is 0 Å². The minimum absolute atomic E-state index is 0.0924. The Morgan fingerprint density at radius 2 is 2.26 bits per heavy atom. The van der Waals surface area contributed by atoms with Crippen LogP contribution in [-0.4, -0.2) is 43.4 Å². The van der Waals surface area contributed by atoms with Crippen molar-refractivity contribution in [3.63, 3.8) is 0 Å². The molecule has 1 fully saturated rings. The van der Waals surface area contributed by atoms with E-state index in [4.69, 9.17) is 4.52 Å². The Kier molecular flexibility index (Phi) is 3.33. The first-order chi connectivity index (χ1) is 11.2. The largest absolute Gasteiger partial charge is 0.342 e. The van der Waals surface area contributed by atoms with Gasteiger partial charge in [-0.25, -0.2) is 4.98 Å². The van der Waals surface area contributed by atoms with E-state index in [1.807, 2.05) is 39.9 Å². The first-order valence-corrected chi connectivity index (χ1v) is 7.74. The van der Waals surface area contributed by atoms with Gasteiger partial charge in [-0.2, -0.15) is 4.98 Å². The van der Waals surface area contributed by atoms with E-state index in [0.717, 1.165) is 25.0 Å². The average molecular weight is 311 g/mol. The number of carbonyl (C=O) groups is 1. The van der Waals surface area contributed by atoms with E-state index in [1.54, 1.807) is 6.92 Å². The van der Waals surface area contributed by atoms with Gasteiger partial charge in [0.05, 0.1) is 5.92 Å². The van der Waals surface area contributed by atoms with Crippen molar-refractivity contribution in [3.05, 3.63) is 36.5 Å². The predicted molar refractivity (Wildman–Crippen MR) is 82.7 cm³/mol. The van der Waals surface area contributed by atoms with Crippen molar-refractivity contribution in [2.75, 3.05) is 13.1 Å². The lowest BCUT2D eigenvalue weighted by Gasteiger charge is -2.29. The fourth-order valence-electron chi connectivity index (χ4n) is 3.01. The van der Waals surface area contributed by atoms with Gasteiger partial charge in [0, 0.05) is 32.4 Å². The lowest BCUT2D eigenvalue weighted by atomic mass is 9.98. The van der Waals surface area contributed by atoms with Gasteiger partial charge in [0.15, 0.2) is 0 Å². The highest BCUT2D eigenvalue weighted by atomic mass is 16.5. The standard InChI is InChI=1S/C16H17N5O2/c1-11(22)20-8-4-5-12(9-20)16-18-15(19-23-16)13-10-21-7-3-2-6-14(21)17-13/h2-3,6-7,10,12H,4-5,8-9H2,1H3. The highest BCUT2D eigenvalue weighted by Crippen LogP contribution is 2.27. The smallest absolute Gasteiger partial charge is 0.231 e. The van der Waals surface area contributed by atoms with Gasteiger partial charge in [-0.1, -0.05) is 11.2 Å². The minimum Gasteiger partial charge on any atom is -0.342 e. The number of imidazole rings is 1. The van der Waals surface area contributed by atoms with Gasteiger partial charge >= 0.3 is 0 Å². The number of pyridine rings is 1. The number of rotatable bonds is 2. The summed E-state index contributed by atoms with van der Waals surface area (Å²) in [4.78, 5) is 22.4. The summed E-state index contributed by atoms with van der Waals surface area (Å²) in [5.74, 6) is 1.27. The summed E-state index contributed by atoms with van der Waals surface area (Å²) in [6, 6.07) is 5.81. The van der Waals surface area contributed by atoms with E-state index in [2.05, 4.69) is 15.1 Å². The summed E-state index contributed by atoms with van der Waals surface area (Å²) in [6.45, 7) is 3.04. The van der Waals surface area contributed by atoms with Crippen LogP contribution < -0.4 is 0 Å². The molecule has 4 rings (SSSR count). The molecule has 0 aromatic carbocycles. The zero-order chi connectivity index (χ0) is 15.8.